The van der Waals surface area contributed by atoms with Gasteiger partial charge < -0.3 is 4.98 Å². The molecular weight excluding hydrogens is 206 g/mol. The van der Waals surface area contributed by atoms with Crippen molar-refractivity contribution >= 4 is 27.0 Å². The molecule has 0 amide bonds. The van der Waals surface area contributed by atoms with Gasteiger partial charge in [-0.25, -0.2) is 0 Å². The third kappa shape index (κ3) is 1.03. The quantitative estimate of drug-likeness (QED) is 0.725. The Labute approximate surface area is 72.0 Å². The van der Waals surface area contributed by atoms with Gasteiger partial charge in [0, 0.05) is 16.1 Å². The van der Waals surface area contributed by atoms with E-state index in [2.05, 4.69) is 31.1 Å². The zero-order valence-electron chi connectivity index (χ0n) is 5.93. The van der Waals surface area contributed by atoms with E-state index in [1.165, 1.54) is 0 Å². The third-order valence-electron chi connectivity index (χ3n) is 1.51. The van der Waals surface area contributed by atoms with Crippen molar-refractivity contribution in [1.82, 2.24) is 15.2 Å². The summed E-state index contributed by atoms with van der Waals surface area (Å²) in [5.41, 5.74) is 1.75. The predicted octanol–water partition coefficient (Wildman–Crippen LogP) is 2.03. The molecule has 1 N–H and O–H groups in total. The molecule has 0 saturated heterocycles. The summed E-state index contributed by atoms with van der Waals surface area (Å²) in [5.74, 6) is 0. The Bertz CT molecular complexity index is 393. The number of rotatable bonds is 0. The first kappa shape index (κ1) is 6.79. The van der Waals surface area contributed by atoms with Crippen LogP contribution in [0.2, 0.25) is 0 Å². The molecular formula is C7H6BrN3. The normalized spacial score (nSPS) is 10.7. The summed E-state index contributed by atoms with van der Waals surface area (Å²) in [4.78, 5) is 2.99. The molecule has 2 rings (SSSR count). The van der Waals surface area contributed by atoms with Crippen LogP contribution in [0.3, 0.4) is 0 Å². The smallest absolute Gasteiger partial charge is 0.161 e. The van der Waals surface area contributed by atoms with E-state index in [9.17, 15) is 0 Å². The fraction of sp³-hybridized carbons (Fsp3) is 0.143. The molecule has 11 heavy (non-hydrogen) atoms. The summed E-state index contributed by atoms with van der Waals surface area (Å²) in [5, 5.41) is 8.97. The van der Waals surface area contributed by atoms with Crippen LogP contribution in [0.15, 0.2) is 16.7 Å². The van der Waals surface area contributed by atoms with Gasteiger partial charge in [-0.3, -0.25) is 0 Å². The molecule has 0 saturated carbocycles. The number of fused-ring (bicyclic) bond motifs is 1. The van der Waals surface area contributed by atoms with Crippen LogP contribution in [0, 0.1) is 6.92 Å². The second kappa shape index (κ2) is 2.30. The highest BCUT2D eigenvalue weighted by molar-refractivity contribution is 9.10. The Balaban J connectivity index is 2.87. The van der Waals surface area contributed by atoms with Gasteiger partial charge in [0.15, 0.2) is 5.65 Å². The monoisotopic (exact) mass is 211 g/mol. The summed E-state index contributed by atoms with van der Waals surface area (Å²) in [6.45, 7) is 1.92. The van der Waals surface area contributed by atoms with E-state index in [0.717, 1.165) is 21.2 Å². The van der Waals surface area contributed by atoms with Crippen molar-refractivity contribution in [3.63, 3.8) is 0 Å². The fourth-order valence-electron chi connectivity index (χ4n) is 0.987. The predicted molar refractivity (Wildman–Crippen MR) is 46.3 cm³/mol. The molecule has 0 spiro atoms. The van der Waals surface area contributed by atoms with Crippen LogP contribution in [-0.4, -0.2) is 15.2 Å². The largest absolute Gasteiger partial charge is 0.343 e. The molecule has 3 nitrogen and oxygen atoms in total. The second-order valence-electron chi connectivity index (χ2n) is 2.38. The van der Waals surface area contributed by atoms with E-state index in [4.69, 9.17) is 0 Å². The van der Waals surface area contributed by atoms with E-state index in [1.54, 1.807) is 0 Å². The maximum absolute atomic E-state index is 3.97. The Morgan fingerprint density at radius 2 is 2.27 bits per heavy atom. The first-order valence-corrected chi connectivity index (χ1v) is 4.03. The van der Waals surface area contributed by atoms with E-state index in [0.29, 0.717) is 0 Å². The molecule has 2 aromatic heterocycles. The molecule has 0 radical (unpaired) electrons. The van der Waals surface area contributed by atoms with Gasteiger partial charge in [0.2, 0.25) is 0 Å². The van der Waals surface area contributed by atoms with Gasteiger partial charge in [-0.2, -0.15) is 5.10 Å². The lowest BCUT2D eigenvalue weighted by atomic mass is 10.3. The van der Waals surface area contributed by atoms with Gasteiger partial charge in [-0.15, -0.1) is 5.10 Å². The molecule has 0 bridgehead atoms. The van der Waals surface area contributed by atoms with Crippen molar-refractivity contribution in [2.45, 2.75) is 6.92 Å². The molecule has 0 fully saturated rings. The summed E-state index contributed by atoms with van der Waals surface area (Å²) >= 11 is 3.40. The number of hydrogen-bond acceptors (Lipinski definition) is 2. The molecule has 0 aliphatic heterocycles. The minimum atomic E-state index is 0.822. The van der Waals surface area contributed by atoms with Gasteiger partial charge >= 0.3 is 0 Å². The summed E-state index contributed by atoms with van der Waals surface area (Å²) in [7, 11) is 0. The van der Waals surface area contributed by atoms with Crippen molar-refractivity contribution in [3.05, 3.63) is 22.4 Å². The van der Waals surface area contributed by atoms with Gasteiger partial charge in [0.05, 0.1) is 5.69 Å². The summed E-state index contributed by atoms with van der Waals surface area (Å²) < 4.78 is 1.03. The van der Waals surface area contributed by atoms with Crippen LogP contribution in [-0.2, 0) is 0 Å². The van der Waals surface area contributed by atoms with Gasteiger partial charge in [-0.1, -0.05) is 0 Å². The highest BCUT2D eigenvalue weighted by atomic mass is 79.9. The lowest BCUT2D eigenvalue weighted by Gasteiger charge is -1.89. The minimum Gasteiger partial charge on any atom is -0.343 e. The van der Waals surface area contributed by atoms with Crippen LogP contribution in [0.4, 0.5) is 0 Å². The van der Waals surface area contributed by atoms with Crippen molar-refractivity contribution in [1.29, 1.82) is 0 Å². The molecule has 0 aromatic carbocycles. The van der Waals surface area contributed by atoms with Crippen molar-refractivity contribution in [2.24, 2.45) is 0 Å². The van der Waals surface area contributed by atoms with Crippen LogP contribution in [0.25, 0.3) is 11.0 Å². The molecule has 0 unspecified atom stereocenters. The third-order valence-corrected chi connectivity index (χ3v) is 2.17. The standard InChI is InChI=1S/C7H6BrN3/c1-4-2-5-6(8)3-9-7(5)11-10-4/h2-3H,1H3,(H,9,11). The SMILES string of the molecule is Cc1cc2c(Br)c[nH]c2nn1. The average molecular weight is 212 g/mol. The maximum Gasteiger partial charge on any atom is 0.161 e. The molecule has 4 heteroatoms. The number of H-pyrrole nitrogens is 1. The van der Waals surface area contributed by atoms with Crippen molar-refractivity contribution < 1.29 is 0 Å². The number of aryl methyl sites for hydroxylation is 1. The van der Waals surface area contributed by atoms with Gasteiger partial charge in [0.1, 0.15) is 0 Å². The lowest BCUT2D eigenvalue weighted by Crippen LogP contribution is -1.85. The van der Waals surface area contributed by atoms with E-state index in [1.807, 2.05) is 19.2 Å². The zero-order valence-corrected chi connectivity index (χ0v) is 7.51. The van der Waals surface area contributed by atoms with Crippen molar-refractivity contribution in [2.75, 3.05) is 0 Å². The second-order valence-corrected chi connectivity index (χ2v) is 3.24. The Kier molecular flexibility index (Phi) is 1.42. The molecule has 0 atom stereocenters. The molecule has 2 heterocycles. The van der Waals surface area contributed by atoms with Crippen molar-refractivity contribution in [3.8, 4) is 0 Å². The van der Waals surface area contributed by atoms with E-state index in [-0.39, 0.29) is 0 Å². The molecule has 0 aliphatic carbocycles. The Hall–Kier alpha value is -0.900. The Morgan fingerprint density at radius 3 is 3.09 bits per heavy atom. The molecule has 2 aromatic rings. The summed E-state index contributed by atoms with van der Waals surface area (Å²) in [6, 6.07) is 1.99. The number of nitrogens with one attached hydrogen (secondary N) is 1. The average Bonchev–Trinajstić information content (AvgIpc) is 2.33. The zero-order chi connectivity index (χ0) is 7.84. The number of aromatic amines is 1. The lowest BCUT2D eigenvalue weighted by molar-refractivity contribution is 1.01. The highest BCUT2D eigenvalue weighted by Gasteiger charge is 2.01. The first-order chi connectivity index (χ1) is 5.27. The fourth-order valence-corrected chi connectivity index (χ4v) is 1.40. The van der Waals surface area contributed by atoms with Gasteiger partial charge in [0.25, 0.3) is 0 Å². The number of hydrogen-bond donors (Lipinski definition) is 1. The Morgan fingerprint density at radius 1 is 1.45 bits per heavy atom. The van der Waals surface area contributed by atoms with Crippen LogP contribution in [0.1, 0.15) is 5.69 Å². The van der Waals surface area contributed by atoms with Crippen LogP contribution in [0.5, 0.6) is 0 Å². The number of aromatic nitrogens is 3. The van der Waals surface area contributed by atoms with Gasteiger partial charge in [-0.05, 0) is 28.9 Å². The topological polar surface area (TPSA) is 41.6 Å². The number of nitrogens with zero attached hydrogens (tertiary/aromatic N) is 2. The number of halogens is 1. The minimum absolute atomic E-state index is 0.822. The highest BCUT2D eigenvalue weighted by Crippen LogP contribution is 2.21. The molecule has 56 valence electrons. The molecule has 0 aliphatic rings. The summed E-state index contributed by atoms with van der Waals surface area (Å²) in [6.07, 6.45) is 1.86. The van der Waals surface area contributed by atoms with E-state index >= 15 is 0 Å². The van der Waals surface area contributed by atoms with Crippen LogP contribution < -0.4 is 0 Å². The first-order valence-electron chi connectivity index (χ1n) is 3.24. The van der Waals surface area contributed by atoms with E-state index < -0.39 is 0 Å². The van der Waals surface area contributed by atoms with Crippen LogP contribution >= 0.6 is 15.9 Å². The maximum atomic E-state index is 3.97.